The van der Waals surface area contributed by atoms with E-state index >= 15 is 0 Å². The van der Waals surface area contributed by atoms with Crippen LogP contribution >= 0.6 is 15.9 Å². The molecule has 19 heavy (non-hydrogen) atoms. The van der Waals surface area contributed by atoms with E-state index in [-0.39, 0.29) is 0 Å². The normalized spacial score (nSPS) is 12.5. The minimum absolute atomic E-state index is 0.378. The number of halogens is 1. The molecule has 0 aliphatic heterocycles. The van der Waals surface area contributed by atoms with E-state index in [4.69, 9.17) is 0 Å². The van der Waals surface area contributed by atoms with Crippen molar-refractivity contribution in [2.45, 2.75) is 33.2 Å². The topological polar surface area (TPSA) is 29.9 Å². The smallest absolute Gasteiger partial charge is 0.0827 e. The minimum Gasteiger partial charge on any atom is -0.379 e. The predicted molar refractivity (Wildman–Crippen MR) is 83.6 cm³/mol. The Balaban J connectivity index is 2.05. The van der Waals surface area contributed by atoms with Gasteiger partial charge in [-0.05, 0) is 44.9 Å². The zero-order valence-electron chi connectivity index (χ0n) is 11.9. The molecule has 0 aliphatic carbocycles. The van der Waals surface area contributed by atoms with Crippen LogP contribution in [-0.4, -0.2) is 15.8 Å². The zero-order chi connectivity index (χ0) is 14.0. The number of rotatable bonds is 4. The second kappa shape index (κ2) is 5.78. The summed E-state index contributed by atoms with van der Waals surface area (Å²) in [4.78, 5) is 0. The predicted octanol–water partition coefficient (Wildman–Crippen LogP) is 3.84. The average molecular weight is 322 g/mol. The first-order valence-corrected chi connectivity index (χ1v) is 7.28. The van der Waals surface area contributed by atoms with Gasteiger partial charge in [-0.15, -0.1) is 0 Å². The van der Waals surface area contributed by atoms with Gasteiger partial charge in [0.25, 0.3) is 0 Å². The Hall–Kier alpha value is -1.29. The fourth-order valence-electron chi connectivity index (χ4n) is 2.25. The van der Waals surface area contributed by atoms with Gasteiger partial charge in [0.05, 0.1) is 17.1 Å². The summed E-state index contributed by atoms with van der Waals surface area (Å²) in [6.45, 7) is 6.34. The van der Waals surface area contributed by atoms with Crippen molar-refractivity contribution < 1.29 is 0 Å². The van der Waals surface area contributed by atoms with Crippen LogP contribution in [0.5, 0.6) is 0 Å². The van der Waals surface area contributed by atoms with Crippen LogP contribution in [0.15, 0.2) is 28.7 Å². The summed E-state index contributed by atoms with van der Waals surface area (Å²) < 4.78 is 3.04. The van der Waals surface area contributed by atoms with E-state index in [0.29, 0.717) is 6.04 Å². The first-order chi connectivity index (χ1) is 8.97. The molecule has 0 saturated carbocycles. The van der Waals surface area contributed by atoms with E-state index < -0.39 is 0 Å². The van der Waals surface area contributed by atoms with E-state index in [1.807, 2.05) is 18.7 Å². The largest absolute Gasteiger partial charge is 0.379 e. The second-order valence-corrected chi connectivity index (χ2v) is 5.96. The molecule has 0 aliphatic rings. The highest BCUT2D eigenvalue weighted by Gasteiger charge is 2.12. The third-order valence-corrected chi connectivity index (χ3v) is 3.88. The summed E-state index contributed by atoms with van der Waals surface area (Å²) >= 11 is 3.46. The Morgan fingerprint density at radius 2 is 1.89 bits per heavy atom. The molecule has 3 nitrogen and oxygen atoms in total. The fraction of sp³-hybridized carbons (Fsp3) is 0.400. The Kier molecular flexibility index (Phi) is 4.30. The zero-order valence-corrected chi connectivity index (χ0v) is 13.5. The first-order valence-electron chi connectivity index (χ1n) is 6.48. The van der Waals surface area contributed by atoms with Gasteiger partial charge in [-0.1, -0.05) is 28.1 Å². The molecular weight excluding hydrogens is 302 g/mol. The van der Waals surface area contributed by atoms with Crippen LogP contribution < -0.4 is 5.32 Å². The second-order valence-electron chi connectivity index (χ2n) is 5.05. The first kappa shape index (κ1) is 14.1. The molecule has 1 aromatic carbocycles. The number of hydrogen-bond donors (Lipinski definition) is 1. The molecule has 1 heterocycles. The Labute approximate surface area is 123 Å². The van der Waals surface area contributed by atoms with Crippen molar-refractivity contribution in [3.63, 3.8) is 0 Å². The standard InChI is InChI=1S/C15H20BrN3/c1-10(9-13-5-7-14(16)8-6-13)17-15-11(2)18-19(4)12(15)3/h5-8,10,17H,9H2,1-4H3. The minimum atomic E-state index is 0.378. The van der Waals surface area contributed by atoms with Crippen molar-refractivity contribution in [3.05, 3.63) is 45.7 Å². The summed E-state index contributed by atoms with van der Waals surface area (Å²) in [5, 5.41) is 8.00. The highest BCUT2D eigenvalue weighted by atomic mass is 79.9. The number of hydrogen-bond acceptors (Lipinski definition) is 2. The van der Waals surface area contributed by atoms with Crippen LogP contribution in [0.4, 0.5) is 5.69 Å². The molecule has 1 aromatic heterocycles. The average Bonchev–Trinajstić information content (AvgIpc) is 2.59. The molecule has 1 N–H and O–H groups in total. The van der Waals surface area contributed by atoms with Crippen molar-refractivity contribution in [3.8, 4) is 0 Å². The number of aryl methyl sites for hydroxylation is 2. The van der Waals surface area contributed by atoms with Crippen molar-refractivity contribution in [1.29, 1.82) is 0 Å². The maximum Gasteiger partial charge on any atom is 0.0827 e. The molecule has 2 rings (SSSR count). The fourth-order valence-corrected chi connectivity index (χ4v) is 2.52. The van der Waals surface area contributed by atoms with Gasteiger partial charge in [0.2, 0.25) is 0 Å². The van der Waals surface area contributed by atoms with Crippen LogP contribution in [0, 0.1) is 13.8 Å². The van der Waals surface area contributed by atoms with Gasteiger partial charge in [-0.3, -0.25) is 4.68 Å². The summed E-state index contributed by atoms with van der Waals surface area (Å²) in [5.41, 5.74) is 4.73. The Bertz CT molecular complexity index is 558. The SMILES string of the molecule is Cc1nn(C)c(C)c1NC(C)Cc1ccc(Br)cc1. The molecule has 0 radical (unpaired) electrons. The van der Waals surface area contributed by atoms with Gasteiger partial charge in [0.1, 0.15) is 0 Å². The van der Waals surface area contributed by atoms with Gasteiger partial charge in [-0.25, -0.2) is 0 Å². The highest BCUT2D eigenvalue weighted by molar-refractivity contribution is 9.10. The third kappa shape index (κ3) is 3.38. The lowest BCUT2D eigenvalue weighted by Gasteiger charge is -2.15. The van der Waals surface area contributed by atoms with E-state index in [0.717, 1.165) is 22.3 Å². The molecule has 1 atom stereocenters. The molecule has 2 aromatic rings. The van der Waals surface area contributed by atoms with Gasteiger partial charge < -0.3 is 5.32 Å². The maximum atomic E-state index is 4.43. The maximum absolute atomic E-state index is 4.43. The van der Waals surface area contributed by atoms with Gasteiger partial charge in [0, 0.05) is 17.6 Å². The van der Waals surface area contributed by atoms with E-state index in [2.05, 4.69) is 64.5 Å². The van der Waals surface area contributed by atoms with E-state index in [1.54, 1.807) is 0 Å². The van der Waals surface area contributed by atoms with Crippen molar-refractivity contribution in [2.24, 2.45) is 7.05 Å². The van der Waals surface area contributed by atoms with Crippen LogP contribution in [-0.2, 0) is 13.5 Å². The van der Waals surface area contributed by atoms with Crippen LogP contribution in [0.3, 0.4) is 0 Å². The number of anilines is 1. The molecule has 4 heteroatoms. The quantitative estimate of drug-likeness (QED) is 0.927. The summed E-state index contributed by atoms with van der Waals surface area (Å²) in [5.74, 6) is 0. The number of aromatic nitrogens is 2. The van der Waals surface area contributed by atoms with Gasteiger partial charge in [0.15, 0.2) is 0 Å². The molecule has 1 unspecified atom stereocenters. The molecule has 0 fully saturated rings. The lowest BCUT2D eigenvalue weighted by molar-refractivity contribution is 0.730. The monoisotopic (exact) mass is 321 g/mol. The lowest BCUT2D eigenvalue weighted by Crippen LogP contribution is -2.19. The van der Waals surface area contributed by atoms with Gasteiger partial charge >= 0.3 is 0 Å². The van der Waals surface area contributed by atoms with E-state index in [1.165, 1.54) is 11.3 Å². The van der Waals surface area contributed by atoms with Crippen molar-refractivity contribution in [1.82, 2.24) is 9.78 Å². The highest BCUT2D eigenvalue weighted by Crippen LogP contribution is 2.20. The summed E-state index contributed by atoms with van der Waals surface area (Å²) in [6.07, 6.45) is 1.00. The van der Waals surface area contributed by atoms with Crippen molar-refractivity contribution >= 4 is 21.6 Å². The van der Waals surface area contributed by atoms with E-state index in [9.17, 15) is 0 Å². The summed E-state index contributed by atoms with van der Waals surface area (Å²) in [6, 6.07) is 8.87. The number of nitrogens with zero attached hydrogens (tertiary/aromatic N) is 2. The number of nitrogens with one attached hydrogen (secondary N) is 1. The van der Waals surface area contributed by atoms with Gasteiger partial charge in [-0.2, -0.15) is 5.10 Å². The van der Waals surface area contributed by atoms with Crippen LogP contribution in [0.2, 0.25) is 0 Å². The van der Waals surface area contributed by atoms with Crippen LogP contribution in [0.1, 0.15) is 23.9 Å². The molecular formula is C15H20BrN3. The van der Waals surface area contributed by atoms with Crippen LogP contribution in [0.25, 0.3) is 0 Å². The molecule has 0 amide bonds. The Morgan fingerprint density at radius 1 is 1.26 bits per heavy atom. The Morgan fingerprint density at radius 3 is 2.42 bits per heavy atom. The third-order valence-electron chi connectivity index (χ3n) is 3.35. The number of benzene rings is 1. The lowest BCUT2D eigenvalue weighted by atomic mass is 10.1. The molecule has 0 spiro atoms. The summed E-state index contributed by atoms with van der Waals surface area (Å²) in [7, 11) is 1.98. The molecule has 102 valence electrons. The molecule has 0 saturated heterocycles. The van der Waals surface area contributed by atoms with Crippen molar-refractivity contribution in [2.75, 3.05) is 5.32 Å². The molecule has 0 bridgehead atoms.